The number of hydrogen-bond donors (Lipinski definition) is 0. The van der Waals surface area contributed by atoms with E-state index in [1.54, 1.807) is 0 Å². The molecule has 3 heterocycles. The van der Waals surface area contributed by atoms with Crippen molar-refractivity contribution in [3.63, 3.8) is 0 Å². The van der Waals surface area contributed by atoms with E-state index in [-0.39, 0.29) is 5.91 Å². The highest BCUT2D eigenvalue weighted by atomic mass is 32.1. The van der Waals surface area contributed by atoms with E-state index in [0.29, 0.717) is 6.04 Å². The summed E-state index contributed by atoms with van der Waals surface area (Å²) in [5.41, 5.74) is 1.96. The van der Waals surface area contributed by atoms with E-state index >= 15 is 0 Å². The van der Waals surface area contributed by atoms with Gasteiger partial charge < -0.3 is 4.90 Å². The third kappa shape index (κ3) is 4.32. The van der Waals surface area contributed by atoms with Crippen molar-refractivity contribution in [2.75, 3.05) is 26.2 Å². The third-order valence-corrected chi connectivity index (χ3v) is 6.52. The van der Waals surface area contributed by atoms with Gasteiger partial charge in [-0.2, -0.15) is 0 Å². The number of thiophene rings is 1. The lowest BCUT2D eigenvalue weighted by atomic mass is 10.1. The summed E-state index contributed by atoms with van der Waals surface area (Å²) in [5, 5.41) is 0. The van der Waals surface area contributed by atoms with Gasteiger partial charge in [-0.1, -0.05) is 24.3 Å². The molecule has 1 aliphatic rings. The van der Waals surface area contributed by atoms with Crippen LogP contribution < -0.4 is 0 Å². The summed E-state index contributed by atoms with van der Waals surface area (Å²) < 4.78 is 0. The van der Waals surface area contributed by atoms with Gasteiger partial charge in [-0.25, -0.2) is 0 Å². The van der Waals surface area contributed by atoms with Crippen LogP contribution in [0.5, 0.6) is 0 Å². The first-order valence-electron chi connectivity index (χ1n) is 9.78. The lowest BCUT2D eigenvalue weighted by molar-refractivity contribution is 0.0518. The number of nitrogens with zero attached hydrogens (tertiary/aromatic N) is 3. The summed E-state index contributed by atoms with van der Waals surface area (Å²) in [6.45, 7) is 5.77. The molecule has 0 bridgehead atoms. The van der Waals surface area contributed by atoms with Crippen molar-refractivity contribution >= 4 is 17.2 Å². The number of hydrogen-bond acceptors (Lipinski definition) is 4. The van der Waals surface area contributed by atoms with Crippen molar-refractivity contribution < 1.29 is 4.79 Å². The first-order chi connectivity index (χ1) is 13.7. The van der Waals surface area contributed by atoms with E-state index < -0.39 is 0 Å². The van der Waals surface area contributed by atoms with Crippen LogP contribution in [0, 0.1) is 0 Å². The number of benzene rings is 1. The van der Waals surface area contributed by atoms with Crippen LogP contribution >= 0.6 is 11.3 Å². The normalized spacial score (nSPS) is 17.6. The maximum atomic E-state index is 12.7. The summed E-state index contributed by atoms with van der Waals surface area (Å²) in [5.74, 6) is 0.145. The van der Waals surface area contributed by atoms with Crippen LogP contribution in [-0.2, 0) is 6.42 Å². The van der Waals surface area contributed by atoms with Gasteiger partial charge >= 0.3 is 0 Å². The van der Waals surface area contributed by atoms with Gasteiger partial charge in [0.1, 0.15) is 0 Å². The van der Waals surface area contributed by atoms with Crippen molar-refractivity contribution in [3.05, 3.63) is 77.4 Å². The molecule has 1 unspecified atom stereocenters. The smallest absolute Gasteiger partial charge is 0.253 e. The fourth-order valence-electron chi connectivity index (χ4n) is 3.70. The summed E-state index contributed by atoms with van der Waals surface area (Å²) in [6, 6.07) is 18.5. The average Bonchev–Trinajstić information content (AvgIpc) is 3.23. The molecule has 0 radical (unpaired) electrons. The minimum Gasteiger partial charge on any atom is -0.336 e. The fourth-order valence-corrected chi connectivity index (χ4v) is 4.69. The molecule has 4 rings (SSSR count). The van der Waals surface area contributed by atoms with Crippen LogP contribution in [-0.4, -0.2) is 52.9 Å². The molecule has 2 aromatic heterocycles. The van der Waals surface area contributed by atoms with Gasteiger partial charge in [-0.05, 0) is 43.7 Å². The number of carbonyl (C=O) groups excluding carboxylic acids is 1. The van der Waals surface area contributed by atoms with Gasteiger partial charge in [0, 0.05) is 65.5 Å². The van der Waals surface area contributed by atoms with Crippen LogP contribution in [0.3, 0.4) is 0 Å². The maximum absolute atomic E-state index is 12.7. The molecule has 1 amide bonds. The Morgan fingerprint density at radius 3 is 2.71 bits per heavy atom. The molecule has 1 saturated heterocycles. The maximum Gasteiger partial charge on any atom is 0.253 e. The molecule has 0 saturated carbocycles. The SMILES string of the molecule is CC1CN(C(=O)c2ccccc2)CCN1CCc1ccc(-c2cccnc2)s1. The number of pyridine rings is 1. The third-order valence-electron chi connectivity index (χ3n) is 5.33. The molecule has 0 aliphatic carbocycles. The Morgan fingerprint density at radius 1 is 1.11 bits per heavy atom. The minimum atomic E-state index is 0.145. The van der Waals surface area contributed by atoms with E-state index in [9.17, 15) is 4.79 Å². The molecule has 144 valence electrons. The molecular formula is C23H25N3OS. The van der Waals surface area contributed by atoms with Gasteiger partial charge in [0.05, 0.1) is 0 Å². The predicted molar refractivity (Wildman–Crippen MR) is 115 cm³/mol. The van der Waals surface area contributed by atoms with E-state index in [1.165, 1.54) is 15.3 Å². The zero-order valence-corrected chi connectivity index (χ0v) is 16.9. The highest BCUT2D eigenvalue weighted by Gasteiger charge is 2.27. The van der Waals surface area contributed by atoms with E-state index in [2.05, 4.69) is 35.0 Å². The van der Waals surface area contributed by atoms with Crippen molar-refractivity contribution in [1.29, 1.82) is 0 Å². The van der Waals surface area contributed by atoms with Crippen molar-refractivity contribution in [2.24, 2.45) is 0 Å². The van der Waals surface area contributed by atoms with Crippen LogP contribution in [0.25, 0.3) is 10.4 Å². The average molecular weight is 392 g/mol. The zero-order chi connectivity index (χ0) is 19.3. The second kappa shape index (κ2) is 8.67. The first-order valence-corrected chi connectivity index (χ1v) is 10.6. The summed E-state index contributed by atoms with van der Waals surface area (Å²) >= 11 is 1.85. The number of amides is 1. The Labute approximate surface area is 170 Å². The molecule has 0 spiro atoms. The first kappa shape index (κ1) is 18.8. The minimum absolute atomic E-state index is 0.145. The van der Waals surface area contributed by atoms with Crippen LogP contribution in [0.15, 0.2) is 67.0 Å². The van der Waals surface area contributed by atoms with Crippen LogP contribution in [0.1, 0.15) is 22.2 Å². The summed E-state index contributed by atoms with van der Waals surface area (Å²) in [4.78, 5) is 24.0. The highest BCUT2D eigenvalue weighted by Crippen LogP contribution is 2.28. The lowest BCUT2D eigenvalue weighted by Gasteiger charge is -2.40. The Kier molecular flexibility index (Phi) is 5.84. The quantitative estimate of drug-likeness (QED) is 0.654. The lowest BCUT2D eigenvalue weighted by Crippen LogP contribution is -2.53. The molecule has 1 aliphatic heterocycles. The topological polar surface area (TPSA) is 36.4 Å². The fraction of sp³-hybridized carbons (Fsp3) is 0.304. The largest absolute Gasteiger partial charge is 0.336 e. The molecule has 1 atom stereocenters. The second-order valence-electron chi connectivity index (χ2n) is 7.26. The molecule has 3 aromatic rings. The van der Waals surface area contributed by atoms with Gasteiger partial charge in [0.15, 0.2) is 0 Å². The molecule has 4 nitrogen and oxygen atoms in total. The number of piperazine rings is 1. The van der Waals surface area contributed by atoms with Gasteiger partial charge in [-0.15, -0.1) is 11.3 Å². The Balaban J connectivity index is 1.31. The summed E-state index contributed by atoms with van der Waals surface area (Å²) in [7, 11) is 0. The Bertz CT molecular complexity index is 910. The van der Waals surface area contributed by atoms with E-state index in [1.807, 2.05) is 65.0 Å². The molecular weight excluding hydrogens is 366 g/mol. The van der Waals surface area contributed by atoms with Gasteiger partial charge in [-0.3, -0.25) is 14.7 Å². The van der Waals surface area contributed by atoms with Crippen LogP contribution in [0.2, 0.25) is 0 Å². The van der Waals surface area contributed by atoms with Crippen LogP contribution in [0.4, 0.5) is 0 Å². The van der Waals surface area contributed by atoms with Crippen molar-refractivity contribution in [1.82, 2.24) is 14.8 Å². The van der Waals surface area contributed by atoms with Crippen molar-refractivity contribution in [3.8, 4) is 10.4 Å². The monoisotopic (exact) mass is 391 g/mol. The standard InChI is InChI=1S/C23H25N3OS/c1-18-17-26(23(27)19-6-3-2-4-7-19)15-14-25(18)13-11-21-9-10-22(28-21)20-8-5-12-24-16-20/h2-10,12,16,18H,11,13-15,17H2,1H3. The molecule has 5 heteroatoms. The molecule has 0 N–H and O–H groups in total. The van der Waals surface area contributed by atoms with Crippen molar-refractivity contribution in [2.45, 2.75) is 19.4 Å². The second-order valence-corrected chi connectivity index (χ2v) is 8.43. The molecule has 1 aromatic carbocycles. The zero-order valence-electron chi connectivity index (χ0n) is 16.1. The molecule has 1 fully saturated rings. The van der Waals surface area contributed by atoms with E-state index in [0.717, 1.165) is 38.2 Å². The Morgan fingerprint density at radius 2 is 1.96 bits per heavy atom. The predicted octanol–water partition coefficient (Wildman–Crippen LogP) is 4.20. The summed E-state index contributed by atoms with van der Waals surface area (Å²) in [6.07, 6.45) is 4.77. The highest BCUT2D eigenvalue weighted by molar-refractivity contribution is 7.15. The number of carbonyl (C=O) groups is 1. The Hall–Kier alpha value is -2.50. The van der Waals surface area contributed by atoms with Gasteiger partial charge in [0.2, 0.25) is 0 Å². The molecule has 28 heavy (non-hydrogen) atoms. The number of rotatable bonds is 5. The van der Waals surface area contributed by atoms with E-state index in [4.69, 9.17) is 0 Å². The number of aromatic nitrogens is 1. The van der Waals surface area contributed by atoms with Gasteiger partial charge in [0.25, 0.3) is 5.91 Å².